The van der Waals surface area contributed by atoms with Gasteiger partial charge in [0.05, 0.1) is 45.2 Å². The number of carbonyl (C=O) groups is 3. The first-order chi connectivity index (χ1) is 32.9. The highest BCUT2D eigenvalue weighted by Gasteiger charge is 2.48. The molecular weight excluding hydrogens is 941 g/mol. The van der Waals surface area contributed by atoms with Gasteiger partial charge >= 0.3 is 17.9 Å². The van der Waals surface area contributed by atoms with Gasteiger partial charge in [0.2, 0.25) is 0 Å². The fourth-order valence-corrected chi connectivity index (χ4v) is 11.1. The van der Waals surface area contributed by atoms with Crippen molar-refractivity contribution in [3.8, 4) is 0 Å². The molecule has 0 amide bonds. The molecule has 4 rings (SSSR count). The largest absolute Gasteiger partial charge is 0.469 e. The number of aliphatic hydroxyl groups excluding tert-OH is 2. The van der Waals surface area contributed by atoms with E-state index in [9.17, 15) is 24.6 Å². The zero-order valence-electron chi connectivity index (χ0n) is 46.5. The summed E-state index contributed by atoms with van der Waals surface area (Å²) in [6.45, 7) is 29.1. The van der Waals surface area contributed by atoms with E-state index in [0.29, 0.717) is 45.5 Å². The number of esters is 3. The van der Waals surface area contributed by atoms with Gasteiger partial charge in [-0.3, -0.25) is 14.4 Å². The highest BCUT2D eigenvalue weighted by Crippen LogP contribution is 2.44. The Hall–Kier alpha value is -1.74. The van der Waals surface area contributed by atoms with Crippen molar-refractivity contribution in [2.45, 2.75) is 252 Å². The Kier molecular flexibility index (Phi) is 32.2. The molecular formula is C55H106O14Si2. The topological polar surface area (TPSA) is 175 Å². The van der Waals surface area contributed by atoms with Crippen molar-refractivity contribution in [1.82, 2.24) is 0 Å². The molecule has 0 aromatic heterocycles. The molecule has 0 bridgehead atoms. The van der Waals surface area contributed by atoms with E-state index in [0.717, 1.165) is 103 Å². The maximum atomic E-state index is 11.3. The lowest BCUT2D eigenvalue weighted by atomic mass is 9.89. The van der Waals surface area contributed by atoms with Gasteiger partial charge in [-0.1, -0.05) is 80.4 Å². The molecule has 2 aliphatic carbocycles. The monoisotopic (exact) mass is 1050 g/mol. The third kappa shape index (κ3) is 25.1. The molecule has 4 aliphatic rings. The molecule has 0 spiro atoms. The number of hydrogen-bond donors (Lipinski definition) is 2. The molecule has 0 aromatic carbocycles. The predicted molar refractivity (Wildman–Crippen MR) is 287 cm³/mol. The van der Waals surface area contributed by atoms with Crippen LogP contribution in [0.1, 0.15) is 178 Å². The van der Waals surface area contributed by atoms with E-state index in [1.54, 1.807) is 6.92 Å². The van der Waals surface area contributed by atoms with Crippen molar-refractivity contribution in [3.05, 3.63) is 12.2 Å². The molecule has 16 heteroatoms. The summed E-state index contributed by atoms with van der Waals surface area (Å²) in [5, 5.41) is 22.1. The van der Waals surface area contributed by atoms with E-state index in [-0.39, 0.29) is 90.0 Å². The van der Waals surface area contributed by atoms with Gasteiger partial charge in [-0.15, -0.1) is 0 Å². The van der Waals surface area contributed by atoms with E-state index >= 15 is 0 Å². The van der Waals surface area contributed by atoms with Crippen LogP contribution in [-0.4, -0.2) is 129 Å². The summed E-state index contributed by atoms with van der Waals surface area (Å²) in [6.07, 6.45) is 19.0. The van der Waals surface area contributed by atoms with Crippen LogP contribution in [0.5, 0.6) is 0 Å². The highest BCUT2D eigenvalue weighted by molar-refractivity contribution is 6.74. The van der Waals surface area contributed by atoms with E-state index in [2.05, 4.69) is 89.4 Å². The number of ether oxygens (including phenoxy) is 7. The average Bonchev–Trinajstić information content (AvgIpc) is 3.75. The van der Waals surface area contributed by atoms with Gasteiger partial charge in [-0.05, 0) is 126 Å². The molecule has 10 atom stereocenters. The smallest absolute Gasteiger partial charge is 0.305 e. The Morgan fingerprint density at radius 2 is 1.08 bits per heavy atom. The fourth-order valence-electron chi connectivity index (χ4n) is 9.03. The third-order valence-corrected chi connectivity index (χ3v) is 24.6. The number of methoxy groups -OCH3 is 2. The summed E-state index contributed by atoms with van der Waals surface area (Å²) >= 11 is 0. The summed E-state index contributed by atoms with van der Waals surface area (Å²) in [6, 6.07) is 0. The summed E-state index contributed by atoms with van der Waals surface area (Å²) in [7, 11) is -0.925. The minimum absolute atomic E-state index is 0. The Morgan fingerprint density at radius 3 is 1.49 bits per heavy atom. The average molecular weight is 1050 g/mol. The predicted octanol–water partition coefficient (Wildman–Crippen LogP) is 11.8. The molecule has 2 N–H and O–H groups in total. The normalized spacial score (nSPS) is 27.2. The molecule has 2 aliphatic heterocycles. The second-order valence-corrected chi connectivity index (χ2v) is 32.6. The van der Waals surface area contributed by atoms with Crippen molar-refractivity contribution in [2.75, 3.05) is 47.3 Å². The van der Waals surface area contributed by atoms with Crippen molar-refractivity contribution in [1.29, 1.82) is 0 Å². The number of unbranched alkanes of at least 4 members (excludes halogenated alkanes) is 4. The Labute approximate surface area is 434 Å². The van der Waals surface area contributed by atoms with Gasteiger partial charge < -0.3 is 52.2 Å². The van der Waals surface area contributed by atoms with Gasteiger partial charge in [0.25, 0.3) is 0 Å². The molecule has 2 heterocycles. The highest BCUT2D eigenvalue weighted by atomic mass is 28.4. The number of hydrogen-bond acceptors (Lipinski definition) is 14. The molecule has 71 heavy (non-hydrogen) atoms. The first-order valence-electron chi connectivity index (χ1n) is 27.0. The fraction of sp³-hybridized carbons (Fsp3) is 0.909. The molecule has 0 aromatic rings. The van der Waals surface area contributed by atoms with Crippen LogP contribution in [0.15, 0.2) is 12.2 Å². The van der Waals surface area contributed by atoms with Crippen molar-refractivity contribution < 1.29 is 66.6 Å². The van der Waals surface area contributed by atoms with Gasteiger partial charge in [-0.25, -0.2) is 0 Å². The number of rotatable bonds is 24. The summed E-state index contributed by atoms with van der Waals surface area (Å²) in [4.78, 5) is 32.3. The van der Waals surface area contributed by atoms with Crippen LogP contribution in [0.2, 0.25) is 36.3 Å². The Bertz CT molecular complexity index is 1480. The lowest BCUT2D eigenvalue weighted by molar-refractivity contribution is -0.198. The molecule has 2 saturated carbocycles. The summed E-state index contributed by atoms with van der Waals surface area (Å²) < 4.78 is 51.5. The number of aliphatic hydroxyl groups is 2. The van der Waals surface area contributed by atoms with Gasteiger partial charge in [-0.2, -0.15) is 0 Å². The van der Waals surface area contributed by atoms with E-state index < -0.39 is 22.7 Å². The van der Waals surface area contributed by atoms with Crippen LogP contribution >= 0.6 is 0 Å². The lowest BCUT2D eigenvalue weighted by Gasteiger charge is -2.38. The second kappa shape index (κ2) is 34.0. The van der Waals surface area contributed by atoms with Crippen LogP contribution in [-0.2, 0) is 56.4 Å². The van der Waals surface area contributed by atoms with Crippen LogP contribution in [0, 0.1) is 23.7 Å². The summed E-state index contributed by atoms with van der Waals surface area (Å²) in [5.41, 5.74) is 0. The molecule has 6 unspecified atom stereocenters. The minimum atomic E-state index is -1.90. The van der Waals surface area contributed by atoms with Crippen LogP contribution < -0.4 is 0 Å². The minimum Gasteiger partial charge on any atom is -0.469 e. The quantitative estimate of drug-likeness (QED) is 0.0307. The maximum absolute atomic E-state index is 11.3. The Morgan fingerprint density at radius 1 is 0.634 bits per heavy atom. The molecule has 14 nitrogen and oxygen atoms in total. The van der Waals surface area contributed by atoms with E-state index in [1.807, 2.05) is 0 Å². The van der Waals surface area contributed by atoms with Crippen LogP contribution in [0.25, 0.3) is 0 Å². The number of carbonyl (C=O) groups excluding carboxylic acids is 3. The Balaban J connectivity index is 0.000000628. The third-order valence-electron chi connectivity index (χ3n) is 15.6. The maximum Gasteiger partial charge on any atom is 0.305 e. The van der Waals surface area contributed by atoms with Gasteiger partial charge in [0, 0.05) is 70.9 Å². The first kappa shape index (κ1) is 67.3. The van der Waals surface area contributed by atoms with Gasteiger partial charge in [0.1, 0.15) is 0 Å². The SMILES string of the molecule is C.CCOC(C)=O.COC(=O)CCC/C=C\CC1C(O)C[C@@H](OC2CCCCO2)[C@@H]1CO[Si](C)(C)C(C)(C)C.COC(=O)CCCCCCC1C(O)C[C@@H](OC2CCCCO2)[C@@H]1CO[Si](C)(C)C(C)(C)C. The van der Waals surface area contributed by atoms with Crippen molar-refractivity contribution in [2.24, 2.45) is 23.7 Å². The lowest BCUT2D eigenvalue weighted by Crippen LogP contribution is -2.44. The zero-order chi connectivity index (χ0) is 52.5. The van der Waals surface area contributed by atoms with Crippen molar-refractivity contribution >= 4 is 34.5 Å². The van der Waals surface area contributed by atoms with Crippen LogP contribution in [0.4, 0.5) is 0 Å². The van der Waals surface area contributed by atoms with Crippen LogP contribution in [0.3, 0.4) is 0 Å². The van der Waals surface area contributed by atoms with E-state index in [4.69, 9.17) is 32.5 Å². The van der Waals surface area contributed by atoms with Crippen molar-refractivity contribution in [3.63, 3.8) is 0 Å². The molecule has 0 radical (unpaired) electrons. The van der Waals surface area contributed by atoms with E-state index in [1.165, 1.54) is 21.1 Å². The summed E-state index contributed by atoms with van der Waals surface area (Å²) in [5.74, 6) is 0.113. The molecule has 4 fully saturated rings. The standard InChI is InChI=1S/C25H48O6Si.C25H46O6Si.C4H8O2.CH4/c2*1-25(2,3)32(5,6)30-18-20-19(13-9-7-8-10-14-23(27)28-4)21(26)17-22(20)31-24-15-11-12-16-29-24;1-3-6-4(2)5;/h19-22,24,26H,7-18H2,1-6H3;7,9,19-22,24,26H,8,10-18H2,1-6H3;3H2,1-2H3;1H4/b;9-7-;;/t2*19?,20-,21?,22-,24?;;/m11../s1. The number of allylic oxidation sites excluding steroid dienone is 2. The molecule has 418 valence electrons. The zero-order valence-corrected chi connectivity index (χ0v) is 48.5. The first-order valence-corrected chi connectivity index (χ1v) is 32.8. The van der Waals surface area contributed by atoms with Gasteiger partial charge in [0.15, 0.2) is 29.2 Å². The second-order valence-electron chi connectivity index (χ2n) is 23.0. The molecule has 2 saturated heterocycles.